The lowest BCUT2D eigenvalue weighted by Crippen LogP contribution is -2.39. The molecule has 14 heteroatoms. The highest BCUT2D eigenvalue weighted by Crippen LogP contribution is 2.01. The van der Waals surface area contributed by atoms with E-state index in [0.717, 1.165) is 6.61 Å². The molecule has 0 rings (SSSR count). The second-order valence-corrected chi connectivity index (χ2v) is 9.95. The number of ether oxygens (including phenoxy) is 5. The van der Waals surface area contributed by atoms with Crippen LogP contribution in [0, 0.1) is 5.92 Å². The SMILES string of the molecule is CC(C)COCC(C)OCC(C)OCC(C)O.CC(O)COC(C)COC(C)CO.O=C(O)C(O)C(O)C(=O)O. The van der Waals surface area contributed by atoms with Crippen molar-refractivity contribution in [2.24, 2.45) is 5.92 Å². The minimum Gasteiger partial charge on any atom is -0.479 e. The summed E-state index contributed by atoms with van der Waals surface area (Å²) in [5.74, 6) is -2.99. The minimum absolute atomic E-state index is 0.00264. The molecular formula is C26H54O14. The van der Waals surface area contributed by atoms with Gasteiger partial charge in [0.2, 0.25) is 0 Å². The highest BCUT2D eigenvalue weighted by molar-refractivity contribution is 5.83. The quantitative estimate of drug-likeness (QED) is 0.0984. The number of rotatable bonds is 20. The van der Waals surface area contributed by atoms with Gasteiger partial charge in [0.05, 0.1) is 76.3 Å². The van der Waals surface area contributed by atoms with Gasteiger partial charge >= 0.3 is 11.9 Å². The Morgan fingerprint density at radius 1 is 0.525 bits per heavy atom. The summed E-state index contributed by atoms with van der Waals surface area (Å²) in [4.78, 5) is 19.5. The molecule has 14 nitrogen and oxygen atoms in total. The molecule has 0 radical (unpaired) electrons. The molecule has 8 atom stereocenters. The third kappa shape index (κ3) is 31.1. The fourth-order valence-electron chi connectivity index (χ4n) is 2.14. The number of carboxylic acid groups (broad SMARTS) is 2. The monoisotopic (exact) mass is 590 g/mol. The van der Waals surface area contributed by atoms with Crippen molar-refractivity contribution in [2.75, 3.05) is 46.2 Å². The number of carbonyl (C=O) groups is 2. The molecule has 0 amide bonds. The third-order valence-corrected chi connectivity index (χ3v) is 4.34. The number of aliphatic hydroxyl groups excluding tert-OH is 5. The van der Waals surface area contributed by atoms with Crippen molar-refractivity contribution in [3.63, 3.8) is 0 Å². The van der Waals surface area contributed by atoms with Crippen molar-refractivity contribution in [1.29, 1.82) is 0 Å². The molecule has 7 N–H and O–H groups in total. The molecule has 0 aliphatic carbocycles. The summed E-state index contributed by atoms with van der Waals surface area (Å²) in [6.07, 6.45) is -5.54. The maximum Gasteiger partial charge on any atom is 0.335 e. The molecular weight excluding hydrogens is 536 g/mol. The number of aliphatic hydroxyl groups is 5. The standard InChI is InChI=1S/C13H28O4.C9H20O4.C4H6O6/c1-10(2)6-15-8-12(4)17-9-13(5)16-7-11(3)14;1-7(11)5-12-9(3)6-13-8(2)4-10;5-1(3(7)8)2(6)4(9)10/h10-14H,6-9H2,1-5H3;7-11H,4-6H2,1-3H3;1-2,5-6H,(H,7,8)(H,9,10). The third-order valence-electron chi connectivity index (χ3n) is 4.34. The molecule has 0 aromatic rings. The lowest BCUT2D eigenvalue weighted by Gasteiger charge is -2.18. The summed E-state index contributed by atoms with van der Waals surface area (Å²) in [5.41, 5.74) is 0. The first-order chi connectivity index (χ1) is 18.4. The normalized spacial score (nSPS) is 17.1. The zero-order valence-electron chi connectivity index (χ0n) is 25.1. The summed E-state index contributed by atoms with van der Waals surface area (Å²) in [6, 6.07) is 0. The lowest BCUT2D eigenvalue weighted by atomic mass is 10.2. The summed E-state index contributed by atoms with van der Waals surface area (Å²) < 4.78 is 26.9. The van der Waals surface area contributed by atoms with Crippen LogP contribution in [-0.4, -0.2) is 143 Å². The maximum absolute atomic E-state index is 9.77. The lowest BCUT2D eigenvalue weighted by molar-refractivity contribution is -0.165. The van der Waals surface area contributed by atoms with Gasteiger partial charge in [-0.15, -0.1) is 0 Å². The van der Waals surface area contributed by atoms with Crippen LogP contribution in [0.1, 0.15) is 55.4 Å². The average molecular weight is 591 g/mol. The van der Waals surface area contributed by atoms with Crippen LogP contribution < -0.4 is 0 Å². The van der Waals surface area contributed by atoms with Gasteiger partial charge in [-0.25, -0.2) is 9.59 Å². The van der Waals surface area contributed by atoms with Crippen LogP contribution in [0.3, 0.4) is 0 Å². The summed E-state index contributed by atoms with van der Waals surface area (Å²) in [7, 11) is 0. The molecule has 8 unspecified atom stereocenters. The van der Waals surface area contributed by atoms with Gasteiger partial charge in [-0.1, -0.05) is 13.8 Å². The van der Waals surface area contributed by atoms with Crippen molar-refractivity contribution in [3.05, 3.63) is 0 Å². The van der Waals surface area contributed by atoms with Gasteiger partial charge in [-0.05, 0) is 47.5 Å². The van der Waals surface area contributed by atoms with Crippen LogP contribution in [-0.2, 0) is 33.3 Å². The van der Waals surface area contributed by atoms with Gasteiger partial charge in [-0.2, -0.15) is 0 Å². The Labute approximate surface area is 237 Å². The molecule has 0 aliphatic heterocycles. The van der Waals surface area contributed by atoms with Crippen molar-refractivity contribution in [1.82, 2.24) is 0 Å². The number of hydrogen-bond donors (Lipinski definition) is 7. The molecule has 0 fully saturated rings. The summed E-state index contributed by atoms with van der Waals surface area (Å²) in [6.45, 7) is 18.2. The van der Waals surface area contributed by atoms with Gasteiger partial charge in [0.1, 0.15) is 0 Å². The van der Waals surface area contributed by atoms with Crippen molar-refractivity contribution < 1.29 is 69.0 Å². The fraction of sp³-hybridized carbons (Fsp3) is 0.923. The summed E-state index contributed by atoms with van der Waals surface area (Å²) >= 11 is 0. The van der Waals surface area contributed by atoms with E-state index in [0.29, 0.717) is 39.0 Å². The van der Waals surface area contributed by atoms with E-state index in [4.69, 9.17) is 59.4 Å². The topological polar surface area (TPSA) is 222 Å². The highest BCUT2D eigenvalue weighted by Gasteiger charge is 2.29. The molecule has 0 aromatic heterocycles. The molecule has 0 spiro atoms. The van der Waals surface area contributed by atoms with Gasteiger partial charge in [-0.3, -0.25) is 0 Å². The minimum atomic E-state index is -2.27. The molecule has 0 aromatic carbocycles. The number of carboxylic acids is 2. The molecule has 0 saturated carbocycles. The van der Waals surface area contributed by atoms with E-state index in [9.17, 15) is 9.59 Å². The van der Waals surface area contributed by atoms with E-state index in [1.54, 1.807) is 20.8 Å². The van der Waals surface area contributed by atoms with Crippen LogP contribution in [0.25, 0.3) is 0 Å². The number of aliphatic carboxylic acids is 2. The Balaban J connectivity index is -0.000000533. The maximum atomic E-state index is 9.77. The number of hydrogen-bond acceptors (Lipinski definition) is 12. The predicted octanol–water partition coefficient (Wildman–Crippen LogP) is -0.103. The second-order valence-electron chi connectivity index (χ2n) is 9.95. The second kappa shape index (κ2) is 26.4. The zero-order valence-corrected chi connectivity index (χ0v) is 25.1. The molecule has 40 heavy (non-hydrogen) atoms. The summed E-state index contributed by atoms with van der Waals surface area (Å²) in [5, 5.41) is 59.2. The van der Waals surface area contributed by atoms with Crippen LogP contribution in [0.2, 0.25) is 0 Å². The molecule has 242 valence electrons. The van der Waals surface area contributed by atoms with E-state index in [1.165, 1.54) is 0 Å². The fourth-order valence-corrected chi connectivity index (χ4v) is 2.14. The van der Waals surface area contributed by atoms with Crippen LogP contribution in [0.4, 0.5) is 0 Å². The van der Waals surface area contributed by atoms with E-state index in [2.05, 4.69) is 13.8 Å². The van der Waals surface area contributed by atoms with Crippen LogP contribution >= 0.6 is 0 Å². The van der Waals surface area contributed by atoms with Gasteiger partial charge in [0.25, 0.3) is 0 Å². The first-order valence-electron chi connectivity index (χ1n) is 13.3. The van der Waals surface area contributed by atoms with Crippen LogP contribution in [0.5, 0.6) is 0 Å². The Morgan fingerprint density at radius 3 is 1.15 bits per heavy atom. The predicted molar refractivity (Wildman–Crippen MR) is 145 cm³/mol. The largest absolute Gasteiger partial charge is 0.479 e. The first kappa shape index (κ1) is 43.0. The van der Waals surface area contributed by atoms with Crippen LogP contribution in [0.15, 0.2) is 0 Å². The Kier molecular flexibility index (Phi) is 28.4. The Bertz CT molecular complexity index is 584. The molecule has 0 heterocycles. The van der Waals surface area contributed by atoms with Gasteiger partial charge < -0.3 is 59.4 Å². The van der Waals surface area contributed by atoms with Crippen molar-refractivity contribution in [3.8, 4) is 0 Å². The Morgan fingerprint density at radius 2 is 0.850 bits per heavy atom. The van der Waals surface area contributed by atoms with Gasteiger partial charge in [0.15, 0.2) is 12.2 Å². The molecule has 0 aliphatic rings. The van der Waals surface area contributed by atoms with Crippen molar-refractivity contribution in [2.45, 2.75) is 104 Å². The first-order valence-corrected chi connectivity index (χ1v) is 13.3. The average Bonchev–Trinajstić information content (AvgIpc) is 2.87. The Hall–Kier alpha value is -1.46. The van der Waals surface area contributed by atoms with Crippen molar-refractivity contribution >= 4 is 11.9 Å². The zero-order chi connectivity index (χ0) is 31.8. The van der Waals surface area contributed by atoms with Gasteiger partial charge in [0, 0.05) is 6.61 Å². The highest BCUT2D eigenvalue weighted by atomic mass is 16.6. The van der Waals surface area contributed by atoms with E-state index in [1.807, 2.05) is 20.8 Å². The van der Waals surface area contributed by atoms with E-state index < -0.39 is 36.4 Å². The van der Waals surface area contributed by atoms with E-state index >= 15 is 0 Å². The smallest absolute Gasteiger partial charge is 0.335 e. The molecule has 0 bridgehead atoms. The van der Waals surface area contributed by atoms with E-state index in [-0.39, 0.29) is 31.0 Å². The molecule has 0 saturated heterocycles.